The third kappa shape index (κ3) is 4.62. The van der Waals surface area contributed by atoms with Crippen molar-refractivity contribution in [2.24, 2.45) is 0 Å². The summed E-state index contributed by atoms with van der Waals surface area (Å²) in [4.78, 5) is 25.3. The van der Waals surface area contributed by atoms with Crippen molar-refractivity contribution in [1.29, 1.82) is 0 Å². The molecule has 0 saturated heterocycles. The summed E-state index contributed by atoms with van der Waals surface area (Å²) >= 11 is 3.49. The molecule has 1 unspecified atom stereocenters. The molecule has 0 bridgehead atoms. The zero-order valence-corrected chi connectivity index (χ0v) is 22.0. The van der Waals surface area contributed by atoms with Crippen LogP contribution in [0.15, 0.2) is 46.9 Å². The van der Waals surface area contributed by atoms with Crippen LogP contribution in [-0.4, -0.2) is 24.0 Å². The molecule has 3 aromatic rings. The van der Waals surface area contributed by atoms with Crippen LogP contribution in [0.2, 0.25) is 0 Å². The highest BCUT2D eigenvalue weighted by atomic mass is 79.9. The molecule has 36 heavy (non-hydrogen) atoms. The van der Waals surface area contributed by atoms with Gasteiger partial charge in [-0.15, -0.1) is 0 Å². The molecule has 2 N–H and O–H groups in total. The van der Waals surface area contributed by atoms with Gasteiger partial charge in [-0.25, -0.2) is 13.6 Å². The number of halogens is 3. The van der Waals surface area contributed by atoms with E-state index in [2.05, 4.69) is 28.1 Å². The van der Waals surface area contributed by atoms with Crippen molar-refractivity contribution in [2.75, 3.05) is 12.3 Å². The van der Waals surface area contributed by atoms with Gasteiger partial charge in [0.15, 0.2) is 11.6 Å². The number of carbonyl (C=O) groups is 2. The normalized spacial score (nSPS) is 16.1. The standard InChI is InChI=1S/C28H26BrF2NO4/c1-5-35-27(34)22-21(30)13-18(24(32)23(22)31)25(33)16-10-17-11-19(15-8-6-14(2)7-9-15)28(3,4)36-26(17)20(29)12-16/h6-10,12-13,19H,5,11,32H2,1-4H3. The topological polar surface area (TPSA) is 78.6 Å². The van der Waals surface area contributed by atoms with Crippen molar-refractivity contribution in [3.05, 3.63) is 92.0 Å². The smallest absolute Gasteiger partial charge is 0.344 e. The molecule has 0 aliphatic carbocycles. The quantitative estimate of drug-likeness (QED) is 0.219. The van der Waals surface area contributed by atoms with Crippen molar-refractivity contribution >= 4 is 33.4 Å². The summed E-state index contributed by atoms with van der Waals surface area (Å²) in [6.45, 7) is 7.50. The van der Waals surface area contributed by atoms with E-state index >= 15 is 0 Å². The van der Waals surface area contributed by atoms with Crippen LogP contribution in [0.4, 0.5) is 14.5 Å². The Morgan fingerprint density at radius 2 is 1.83 bits per heavy atom. The number of esters is 1. The van der Waals surface area contributed by atoms with E-state index in [0.717, 1.165) is 22.8 Å². The third-order valence-electron chi connectivity index (χ3n) is 6.47. The van der Waals surface area contributed by atoms with Crippen LogP contribution in [0.25, 0.3) is 0 Å². The number of nitrogen functional groups attached to an aromatic ring is 1. The minimum atomic E-state index is -1.32. The highest BCUT2D eigenvalue weighted by Gasteiger charge is 2.39. The van der Waals surface area contributed by atoms with Crippen LogP contribution in [0, 0.1) is 18.6 Å². The number of nitrogens with two attached hydrogens (primary N) is 1. The summed E-state index contributed by atoms with van der Waals surface area (Å²) in [5.41, 5.74) is 6.62. The summed E-state index contributed by atoms with van der Waals surface area (Å²) in [6, 6.07) is 12.2. The number of benzene rings is 3. The fourth-order valence-corrected chi connectivity index (χ4v) is 5.12. The average molecular weight is 558 g/mol. The van der Waals surface area contributed by atoms with Gasteiger partial charge in [-0.1, -0.05) is 29.8 Å². The third-order valence-corrected chi connectivity index (χ3v) is 7.06. The highest BCUT2D eigenvalue weighted by molar-refractivity contribution is 9.10. The van der Waals surface area contributed by atoms with E-state index in [0.29, 0.717) is 16.6 Å². The zero-order chi connectivity index (χ0) is 26.4. The van der Waals surface area contributed by atoms with Crippen LogP contribution in [0.5, 0.6) is 5.75 Å². The minimum absolute atomic E-state index is 0.00618. The second-order valence-electron chi connectivity index (χ2n) is 9.38. The van der Waals surface area contributed by atoms with Gasteiger partial charge in [0, 0.05) is 11.5 Å². The maximum atomic E-state index is 14.8. The van der Waals surface area contributed by atoms with Crippen molar-refractivity contribution in [2.45, 2.75) is 45.6 Å². The van der Waals surface area contributed by atoms with E-state index in [-0.39, 0.29) is 23.7 Å². The Morgan fingerprint density at radius 1 is 1.17 bits per heavy atom. The van der Waals surface area contributed by atoms with Gasteiger partial charge in [-0.2, -0.15) is 0 Å². The van der Waals surface area contributed by atoms with Gasteiger partial charge in [-0.3, -0.25) is 4.79 Å². The second-order valence-corrected chi connectivity index (χ2v) is 10.2. The Hall–Kier alpha value is -3.26. The maximum Gasteiger partial charge on any atom is 0.344 e. The molecule has 1 heterocycles. The van der Waals surface area contributed by atoms with E-state index in [9.17, 15) is 18.4 Å². The first-order chi connectivity index (χ1) is 16.9. The average Bonchev–Trinajstić information content (AvgIpc) is 2.81. The summed E-state index contributed by atoms with van der Waals surface area (Å²) in [5, 5.41) is 0. The second kappa shape index (κ2) is 9.65. The predicted molar refractivity (Wildman–Crippen MR) is 137 cm³/mol. The van der Waals surface area contributed by atoms with Crippen LogP contribution in [-0.2, 0) is 11.2 Å². The SMILES string of the molecule is CCOC(=O)c1c(F)cc(C(=O)c2cc(Br)c3c(c2)CC(c2ccc(C)cc2)C(C)(C)O3)c(N)c1F. The van der Waals surface area contributed by atoms with Gasteiger partial charge < -0.3 is 15.2 Å². The summed E-state index contributed by atoms with van der Waals surface area (Å²) in [7, 11) is 0. The predicted octanol–water partition coefficient (Wildman–Crippen LogP) is 6.52. The Kier molecular flexibility index (Phi) is 6.92. The first-order valence-electron chi connectivity index (χ1n) is 11.5. The van der Waals surface area contributed by atoms with Gasteiger partial charge in [0.25, 0.3) is 0 Å². The number of hydrogen-bond donors (Lipinski definition) is 1. The number of aryl methyl sites for hydroxylation is 1. The minimum Gasteiger partial charge on any atom is -0.486 e. The van der Waals surface area contributed by atoms with E-state index in [1.165, 1.54) is 13.0 Å². The molecular formula is C28H26BrF2NO4. The molecule has 4 rings (SSSR count). The van der Waals surface area contributed by atoms with Crippen LogP contribution >= 0.6 is 15.9 Å². The van der Waals surface area contributed by atoms with Crippen LogP contribution in [0.1, 0.15) is 69.7 Å². The van der Waals surface area contributed by atoms with Crippen LogP contribution in [0.3, 0.4) is 0 Å². The molecule has 0 fully saturated rings. The number of rotatable bonds is 5. The largest absolute Gasteiger partial charge is 0.486 e. The lowest BCUT2D eigenvalue weighted by Crippen LogP contribution is -2.40. The molecule has 0 spiro atoms. The summed E-state index contributed by atoms with van der Waals surface area (Å²) in [6.07, 6.45) is 0.588. The molecule has 0 amide bonds. The van der Waals surface area contributed by atoms with Crippen LogP contribution < -0.4 is 10.5 Å². The molecule has 1 aliphatic heterocycles. The van der Waals surface area contributed by atoms with E-state index in [4.69, 9.17) is 15.2 Å². The van der Waals surface area contributed by atoms with E-state index < -0.39 is 40.2 Å². The van der Waals surface area contributed by atoms with E-state index in [1.807, 2.05) is 32.9 Å². The number of ketones is 1. The molecule has 0 saturated carbocycles. The molecule has 0 aromatic heterocycles. The lowest BCUT2D eigenvalue weighted by atomic mass is 9.77. The van der Waals surface area contributed by atoms with Crippen molar-refractivity contribution < 1.29 is 27.8 Å². The molecule has 188 valence electrons. The number of carbonyl (C=O) groups excluding carboxylic acids is 2. The van der Waals surface area contributed by atoms with Crippen molar-refractivity contribution in [1.82, 2.24) is 0 Å². The lowest BCUT2D eigenvalue weighted by Gasteiger charge is -2.41. The first-order valence-corrected chi connectivity index (χ1v) is 12.3. The fourth-order valence-electron chi connectivity index (χ4n) is 4.53. The summed E-state index contributed by atoms with van der Waals surface area (Å²) < 4.78 is 41.1. The molecule has 0 radical (unpaired) electrons. The monoisotopic (exact) mass is 557 g/mol. The Balaban J connectivity index is 1.74. The fraction of sp³-hybridized carbons (Fsp3) is 0.286. The Morgan fingerprint density at radius 3 is 2.47 bits per heavy atom. The molecule has 3 aromatic carbocycles. The molecule has 8 heteroatoms. The lowest BCUT2D eigenvalue weighted by molar-refractivity contribution is 0.0514. The number of fused-ring (bicyclic) bond motifs is 1. The van der Waals surface area contributed by atoms with Gasteiger partial charge in [-0.05, 0) is 79.4 Å². The van der Waals surface area contributed by atoms with Gasteiger partial charge >= 0.3 is 5.97 Å². The van der Waals surface area contributed by atoms with Gasteiger partial charge in [0.05, 0.1) is 22.3 Å². The van der Waals surface area contributed by atoms with Gasteiger partial charge in [0.1, 0.15) is 22.7 Å². The Labute approximate surface area is 216 Å². The number of anilines is 1. The molecule has 1 aliphatic rings. The Bertz CT molecular complexity index is 1370. The number of ether oxygens (including phenoxy) is 2. The summed E-state index contributed by atoms with van der Waals surface area (Å²) in [5.74, 6) is -3.78. The van der Waals surface area contributed by atoms with Crippen molar-refractivity contribution in [3.63, 3.8) is 0 Å². The number of hydrogen-bond acceptors (Lipinski definition) is 5. The van der Waals surface area contributed by atoms with Gasteiger partial charge in [0.2, 0.25) is 0 Å². The van der Waals surface area contributed by atoms with E-state index in [1.54, 1.807) is 6.07 Å². The molecule has 5 nitrogen and oxygen atoms in total. The highest BCUT2D eigenvalue weighted by Crippen LogP contribution is 2.46. The van der Waals surface area contributed by atoms with Crippen molar-refractivity contribution in [3.8, 4) is 5.75 Å². The maximum absolute atomic E-state index is 14.8. The molecular weight excluding hydrogens is 532 g/mol. The zero-order valence-electron chi connectivity index (χ0n) is 20.4. The molecule has 1 atom stereocenters. The first kappa shape index (κ1) is 25.8.